The molecule has 4 N–H and O–H groups in total. The van der Waals surface area contributed by atoms with Gasteiger partial charge in [0.25, 0.3) is 5.91 Å². The molecule has 7 nitrogen and oxygen atoms in total. The molecule has 0 saturated carbocycles. The van der Waals surface area contributed by atoms with Gasteiger partial charge in [0, 0.05) is 36.1 Å². The number of amides is 1. The fraction of sp³-hybridized carbons (Fsp3) is 0.214. The van der Waals surface area contributed by atoms with Gasteiger partial charge in [-0.1, -0.05) is 0 Å². The summed E-state index contributed by atoms with van der Waals surface area (Å²) in [5.74, 6) is -0.223. The third kappa shape index (κ3) is 2.71. The Labute approximate surface area is 121 Å². The van der Waals surface area contributed by atoms with Gasteiger partial charge in [-0.3, -0.25) is 9.89 Å². The topological polar surface area (TPSA) is 102 Å². The molecule has 0 saturated heterocycles. The number of H-pyrrole nitrogens is 1. The summed E-state index contributed by atoms with van der Waals surface area (Å²) < 4.78 is 1.91. The normalized spacial score (nSPS) is 12.4. The van der Waals surface area contributed by atoms with Crippen LogP contribution in [0.3, 0.4) is 0 Å². The van der Waals surface area contributed by atoms with Gasteiger partial charge in [-0.25, -0.2) is 4.98 Å². The maximum absolute atomic E-state index is 12.3. The van der Waals surface area contributed by atoms with Gasteiger partial charge in [-0.2, -0.15) is 5.10 Å². The highest BCUT2D eigenvalue weighted by Gasteiger charge is 2.16. The number of nitrogens with one attached hydrogen (secondary N) is 2. The Kier molecular flexibility index (Phi) is 3.31. The van der Waals surface area contributed by atoms with Crippen LogP contribution in [0, 0.1) is 0 Å². The van der Waals surface area contributed by atoms with E-state index >= 15 is 0 Å². The molecule has 1 unspecified atom stereocenters. The second-order valence-corrected chi connectivity index (χ2v) is 5.01. The summed E-state index contributed by atoms with van der Waals surface area (Å²) in [4.78, 5) is 16.3. The Bertz CT molecular complexity index is 761. The molecule has 0 bridgehead atoms. The molecule has 1 aromatic carbocycles. The monoisotopic (exact) mass is 284 g/mol. The van der Waals surface area contributed by atoms with Crippen molar-refractivity contribution in [2.45, 2.75) is 19.5 Å². The molecule has 2 heterocycles. The minimum Gasteiger partial charge on any atom is -0.399 e. The molecule has 3 aromatic rings. The van der Waals surface area contributed by atoms with Crippen LogP contribution < -0.4 is 11.1 Å². The van der Waals surface area contributed by atoms with Crippen LogP contribution in [0.25, 0.3) is 10.9 Å². The van der Waals surface area contributed by atoms with Crippen molar-refractivity contribution in [3.05, 3.63) is 42.6 Å². The Morgan fingerprint density at radius 2 is 2.38 bits per heavy atom. The van der Waals surface area contributed by atoms with E-state index in [-0.39, 0.29) is 11.9 Å². The molecule has 3 rings (SSSR count). The van der Waals surface area contributed by atoms with Crippen molar-refractivity contribution < 1.29 is 4.79 Å². The van der Waals surface area contributed by atoms with Crippen LogP contribution in [-0.2, 0) is 6.54 Å². The molecule has 108 valence electrons. The maximum atomic E-state index is 12.3. The van der Waals surface area contributed by atoms with E-state index in [0.717, 1.165) is 10.9 Å². The smallest absolute Gasteiger partial charge is 0.272 e. The Hall–Kier alpha value is -2.83. The molecular formula is C14H16N6O. The summed E-state index contributed by atoms with van der Waals surface area (Å²) in [6, 6.07) is 5.28. The zero-order valence-electron chi connectivity index (χ0n) is 11.6. The Morgan fingerprint density at radius 1 is 1.52 bits per heavy atom. The second-order valence-electron chi connectivity index (χ2n) is 5.01. The van der Waals surface area contributed by atoms with E-state index in [1.54, 1.807) is 24.7 Å². The van der Waals surface area contributed by atoms with Crippen molar-refractivity contribution in [2.24, 2.45) is 0 Å². The van der Waals surface area contributed by atoms with Crippen LogP contribution in [0.5, 0.6) is 0 Å². The van der Waals surface area contributed by atoms with Crippen molar-refractivity contribution in [2.75, 3.05) is 5.73 Å². The number of nitrogen functional groups attached to an aromatic ring is 1. The average Bonchev–Trinajstić information content (AvgIpc) is 3.07. The minimum absolute atomic E-state index is 0.0421. The van der Waals surface area contributed by atoms with Crippen LogP contribution in [-0.4, -0.2) is 31.7 Å². The quantitative estimate of drug-likeness (QED) is 0.626. The summed E-state index contributed by atoms with van der Waals surface area (Å²) >= 11 is 0. The molecule has 0 spiro atoms. The third-order valence-electron chi connectivity index (χ3n) is 3.22. The lowest BCUT2D eigenvalue weighted by Gasteiger charge is -2.13. The molecule has 1 amide bonds. The van der Waals surface area contributed by atoms with E-state index in [0.29, 0.717) is 17.9 Å². The average molecular weight is 284 g/mol. The van der Waals surface area contributed by atoms with Crippen molar-refractivity contribution in [3.63, 3.8) is 0 Å². The number of nitrogens with two attached hydrogens (primary N) is 1. The highest BCUT2D eigenvalue weighted by atomic mass is 16.2. The number of anilines is 1. The molecule has 1 atom stereocenters. The minimum atomic E-state index is -0.223. The van der Waals surface area contributed by atoms with Crippen molar-refractivity contribution in [1.82, 2.24) is 25.1 Å². The number of carbonyl (C=O) groups excluding carboxylic acids is 1. The summed E-state index contributed by atoms with van der Waals surface area (Å²) in [7, 11) is 0. The van der Waals surface area contributed by atoms with Crippen LogP contribution in [0.1, 0.15) is 17.4 Å². The first kappa shape index (κ1) is 13.2. The van der Waals surface area contributed by atoms with E-state index in [1.165, 1.54) is 0 Å². The largest absolute Gasteiger partial charge is 0.399 e. The lowest BCUT2D eigenvalue weighted by Crippen LogP contribution is -2.35. The highest BCUT2D eigenvalue weighted by Crippen LogP contribution is 2.18. The van der Waals surface area contributed by atoms with Gasteiger partial charge < -0.3 is 15.6 Å². The van der Waals surface area contributed by atoms with Crippen molar-refractivity contribution in [1.29, 1.82) is 0 Å². The molecular weight excluding hydrogens is 268 g/mol. The SMILES string of the molecule is CC(Cn1ccnc1)NC(=O)c1n[nH]c2ccc(N)cc12. The fourth-order valence-corrected chi connectivity index (χ4v) is 2.25. The van der Waals surface area contributed by atoms with Crippen LogP contribution in [0.2, 0.25) is 0 Å². The number of carbonyl (C=O) groups is 1. The number of benzene rings is 1. The first-order valence-electron chi connectivity index (χ1n) is 6.63. The first-order chi connectivity index (χ1) is 10.1. The standard InChI is InChI=1S/C14H16N6O/c1-9(7-20-5-4-16-8-20)17-14(21)13-11-6-10(15)2-3-12(11)18-19-13/h2-6,8-9H,7,15H2,1H3,(H,17,21)(H,18,19). The molecule has 7 heteroatoms. The number of rotatable bonds is 4. The fourth-order valence-electron chi connectivity index (χ4n) is 2.25. The maximum Gasteiger partial charge on any atom is 0.272 e. The van der Waals surface area contributed by atoms with E-state index < -0.39 is 0 Å². The Balaban J connectivity index is 1.76. The van der Waals surface area contributed by atoms with E-state index in [9.17, 15) is 4.79 Å². The molecule has 0 aliphatic heterocycles. The van der Waals surface area contributed by atoms with Gasteiger partial charge in [0.1, 0.15) is 0 Å². The molecule has 0 aliphatic carbocycles. The molecule has 0 radical (unpaired) electrons. The summed E-state index contributed by atoms with van der Waals surface area (Å²) in [6.07, 6.45) is 5.28. The van der Waals surface area contributed by atoms with E-state index in [4.69, 9.17) is 5.73 Å². The second kappa shape index (κ2) is 5.28. The number of aromatic nitrogens is 4. The predicted octanol–water partition coefficient (Wildman–Crippen LogP) is 1.16. The number of nitrogens with zero attached hydrogens (tertiary/aromatic N) is 3. The van der Waals surface area contributed by atoms with Gasteiger partial charge in [-0.05, 0) is 25.1 Å². The number of imidazole rings is 1. The zero-order chi connectivity index (χ0) is 14.8. The van der Waals surface area contributed by atoms with Crippen LogP contribution in [0.4, 0.5) is 5.69 Å². The van der Waals surface area contributed by atoms with Gasteiger partial charge >= 0.3 is 0 Å². The number of aromatic amines is 1. The number of hydrogen-bond donors (Lipinski definition) is 3. The number of fused-ring (bicyclic) bond motifs is 1. The van der Waals surface area contributed by atoms with Crippen LogP contribution in [0.15, 0.2) is 36.9 Å². The number of hydrogen-bond acceptors (Lipinski definition) is 4. The zero-order valence-corrected chi connectivity index (χ0v) is 11.6. The van der Waals surface area contributed by atoms with Gasteiger partial charge in [0.05, 0.1) is 11.8 Å². The molecule has 2 aromatic heterocycles. The highest BCUT2D eigenvalue weighted by molar-refractivity contribution is 6.05. The molecule has 0 aliphatic rings. The van der Waals surface area contributed by atoms with E-state index in [1.807, 2.05) is 23.8 Å². The molecule has 21 heavy (non-hydrogen) atoms. The van der Waals surface area contributed by atoms with E-state index in [2.05, 4.69) is 20.5 Å². The van der Waals surface area contributed by atoms with Gasteiger partial charge in [0.2, 0.25) is 0 Å². The van der Waals surface area contributed by atoms with Crippen molar-refractivity contribution in [3.8, 4) is 0 Å². The summed E-state index contributed by atoms with van der Waals surface area (Å²) in [5, 5.41) is 10.6. The van der Waals surface area contributed by atoms with Gasteiger partial charge in [0.15, 0.2) is 5.69 Å². The van der Waals surface area contributed by atoms with Gasteiger partial charge in [-0.15, -0.1) is 0 Å². The first-order valence-corrected chi connectivity index (χ1v) is 6.63. The summed E-state index contributed by atoms with van der Waals surface area (Å²) in [6.45, 7) is 2.58. The third-order valence-corrected chi connectivity index (χ3v) is 3.22. The van der Waals surface area contributed by atoms with Crippen molar-refractivity contribution >= 4 is 22.5 Å². The summed E-state index contributed by atoms with van der Waals surface area (Å²) in [5.41, 5.74) is 7.51. The lowest BCUT2D eigenvalue weighted by molar-refractivity contribution is 0.0933. The Morgan fingerprint density at radius 3 is 3.14 bits per heavy atom. The van der Waals surface area contributed by atoms with Crippen LogP contribution >= 0.6 is 0 Å². The lowest BCUT2D eigenvalue weighted by atomic mass is 10.2. The predicted molar refractivity (Wildman–Crippen MR) is 79.7 cm³/mol. The molecule has 0 fully saturated rings.